The van der Waals surface area contributed by atoms with Gasteiger partial charge in [-0.05, 0) is 30.7 Å². The van der Waals surface area contributed by atoms with E-state index in [9.17, 15) is 9.59 Å². The first kappa shape index (κ1) is 22.5. The fraction of sp³-hybridized carbons (Fsp3) is 0.318. The molecule has 30 heavy (non-hydrogen) atoms. The fourth-order valence-corrected chi connectivity index (χ4v) is 4.59. The topological polar surface area (TPSA) is 64.4 Å². The third-order valence-corrected chi connectivity index (χ3v) is 6.45. The molecule has 3 aromatic rings. The number of nitrogens with zero attached hydrogens (tertiary/aromatic N) is 3. The zero-order valence-corrected chi connectivity index (χ0v) is 19.6. The zero-order chi connectivity index (χ0) is 21.7. The molecule has 0 radical (unpaired) electrons. The van der Waals surface area contributed by atoms with E-state index in [-0.39, 0.29) is 23.3 Å². The molecule has 1 amide bonds. The number of halogens is 1. The monoisotopic (exact) mass is 489 g/mol. The number of methoxy groups -OCH3 is 1. The molecule has 8 heteroatoms. The van der Waals surface area contributed by atoms with Gasteiger partial charge >= 0.3 is 0 Å². The Labute approximate surface area is 188 Å². The van der Waals surface area contributed by atoms with Crippen molar-refractivity contribution in [3.8, 4) is 0 Å². The molecule has 2 aromatic carbocycles. The average Bonchev–Trinajstić information content (AvgIpc) is 2.73. The minimum absolute atomic E-state index is 0.0379. The number of carbonyl (C=O) groups is 1. The van der Waals surface area contributed by atoms with Crippen LogP contribution in [0.3, 0.4) is 0 Å². The predicted octanol–water partition coefficient (Wildman–Crippen LogP) is 4.12. The van der Waals surface area contributed by atoms with Crippen LogP contribution in [0, 0.1) is 0 Å². The number of para-hydroxylation sites is 1. The highest BCUT2D eigenvalue weighted by molar-refractivity contribution is 9.10. The molecule has 1 unspecified atom stereocenters. The maximum Gasteiger partial charge on any atom is 0.262 e. The first-order chi connectivity index (χ1) is 14.4. The summed E-state index contributed by atoms with van der Waals surface area (Å²) in [7, 11) is 3.37. The summed E-state index contributed by atoms with van der Waals surface area (Å²) < 4.78 is 7.84. The fourth-order valence-electron chi connectivity index (χ4n) is 3.14. The van der Waals surface area contributed by atoms with E-state index < -0.39 is 0 Å². The lowest BCUT2D eigenvalue weighted by Crippen LogP contribution is -2.30. The average molecular weight is 490 g/mol. The van der Waals surface area contributed by atoms with Crippen molar-refractivity contribution in [1.29, 1.82) is 0 Å². The summed E-state index contributed by atoms with van der Waals surface area (Å²) in [5, 5.41) is 1.08. The predicted molar refractivity (Wildman–Crippen MR) is 124 cm³/mol. The summed E-state index contributed by atoms with van der Waals surface area (Å²) in [6.07, 6.45) is 0. The standard InChI is InChI=1S/C22H24BrN3O3S/c1-15(13-29-3)26-21(28)17-9-5-7-11-19(17)24-22(26)30-14-20(27)25(2)12-16-8-4-6-10-18(16)23/h4-11,15H,12-14H2,1-3H3. The smallest absolute Gasteiger partial charge is 0.262 e. The van der Waals surface area contributed by atoms with Gasteiger partial charge in [-0.25, -0.2) is 4.98 Å². The van der Waals surface area contributed by atoms with Crippen LogP contribution >= 0.6 is 27.7 Å². The van der Waals surface area contributed by atoms with E-state index in [1.165, 1.54) is 11.8 Å². The second-order valence-corrected chi connectivity index (χ2v) is 8.82. The van der Waals surface area contributed by atoms with Crippen LogP contribution in [0.15, 0.2) is 63.0 Å². The number of ether oxygens (including phenoxy) is 1. The third kappa shape index (κ3) is 5.11. The molecule has 1 aromatic heterocycles. The van der Waals surface area contributed by atoms with Crippen LogP contribution in [-0.4, -0.2) is 46.9 Å². The normalized spacial score (nSPS) is 12.1. The lowest BCUT2D eigenvalue weighted by molar-refractivity contribution is -0.127. The summed E-state index contributed by atoms with van der Waals surface area (Å²) in [5.41, 5.74) is 1.54. The van der Waals surface area contributed by atoms with Crippen LogP contribution in [0.25, 0.3) is 10.9 Å². The highest BCUT2D eigenvalue weighted by Gasteiger charge is 2.19. The minimum atomic E-state index is -0.199. The Kier molecular flexibility index (Phi) is 7.69. The van der Waals surface area contributed by atoms with Crippen LogP contribution in [0.2, 0.25) is 0 Å². The highest BCUT2D eigenvalue weighted by Crippen LogP contribution is 2.22. The Balaban J connectivity index is 1.82. The molecule has 3 rings (SSSR count). The maximum atomic E-state index is 13.1. The quantitative estimate of drug-likeness (QED) is 0.351. The van der Waals surface area contributed by atoms with Gasteiger partial charge in [0.05, 0.1) is 29.3 Å². The van der Waals surface area contributed by atoms with Crippen molar-refractivity contribution in [2.45, 2.75) is 24.7 Å². The number of fused-ring (bicyclic) bond motifs is 1. The molecule has 0 aliphatic carbocycles. The van der Waals surface area contributed by atoms with Gasteiger partial charge in [-0.1, -0.05) is 58.0 Å². The van der Waals surface area contributed by atoms with Crippen molar-refractivity contribution < 1.29 is 9.53 Å². The number of hydrogen-bond donors (Lipinski definition) is 0. The molecular weight excluding hydrogens is 466 g/mol. The number of benzene rings is 2. The lowest BCUT2D eigenvalue weighted by atomic mass is 10.2. The second-order valence-electron chi connectivity index (χ2n) is 7.02. The van der Waals surface area contributed by atoms with Crippen LogP contribution in [0.5, 0.6) is 0 Å². The van der Waals surface area contributed by atoms with E-state index in [2.05, 4.69) is 20.9 Å². The molecule has 0 saturated heterocycles. The zero-order valence-electron chi connectivity index (χ0n) is 17.2. The van der Waals surface area contributed by atoms with Crippen LogP contribution in [0.4, 0.5) is 0 Å². The molecule has 0 fully saturated rings. The Morgan fingerprint density at radius 1 is 1.23 bits per heavy atom. The molecule has 1 heterocycles. The third-order valence-electron chi connectivity index (χ3n) is 4.74. The largest absolute Gasteiger partial charge is 0.383 e. The Hall–Kier alpha value is -2.16. The molecule has 0 N–H and O–H groups in total. The summed E-state index contributed by atoms with van der Waals surface area (Å²) in [6, 6.07) is 14.9. The maximum absolute atomic E-state index is 13.1. The van der Waals surface area contributed by atoms with Gasteiger partial charge < -0.3 is 9.64 Å². The second kappa shape index (κ2) is 10.2. The van der Waals surface area contributed by atoms with Crippen molar-refractivity contribution in [2.24, 2.45) is 0 Å². The van der Waals surface area contributed by atoms with Gasteiger partial charge in [0.2, 0.25) is 5.91 Å². The van der Waals surface area contributed by atoms with E-state index in [0.29, 0.717) is 29.2 Å². The van der Waals surface area contributed by atoms with Crippen molar-refractivity contribution in [3.63, 3.8) is 0 Å². The molecule has 0 spiro atoms. The van der Waals surface area contributed by atoms with Crippen molar-refractivity contribution in [2.75, 3.05) is 26.5 Å². The number of hydrogen-bond acceptors (Lipinski definition) is 5. The number of rotatable bonds is 8. The van der Waals surface area contributed by atoms with Gasteiger partial charge in [-0.3, -0.25) is 14.2 Å². The summed E-state index contributed by atoms with van der Waals surface area (Å²) >= 11 is 4.79. The summed E-state index contributed by atoms with van der Waals surface area (Å²) in [4.78, 5) is 32.2. The van der Waals surface area contributed by atoms with Gasteiger partial charge in [0.25, 0.3) is 5.56 Å². The number of carbonyl (C=O) groups excluding carboxylic acids is 1. The minimum Gasteiger partial charge on any atom is -0.383 e. The SMILES string of the molecule is COCC(C)n1c(SCC(=O)N(C)Cc2ccccc2Br)nc2ccccc2c1=O. The number of amides is 1. The highest BCUT2D eigenvalue weighted by atomic mass is 79.9. The van der Waals surface area contributed by atoms with E-state index in [0.717, 1.165) is 10.0 Å². The Morgan fingerprint density at radius 2 is 1.93 bits per heavy atom. The van der Waals surface area contributed by atoms with Crippen molar-refractivity contribution in [3.05, 3.63) is 68.9 Å². The van der Waals surface area contributed by atoms with E-state index >= 15 is 0 Å². The Bertz CT molecular complexity index is 1100. The number of aromatic nitrogens is 2. The molecule has 0 bridgehead atoms. The van der Waals surface area contributed by atoms with Crippen LogP contribution in [0.1, 0.15) is 18.5 Å². The lowest BCUT2D eigenvalue weighted by Gasteiger charge is -2.20. The van der Waals surface area contributed by atoms with Gasteiger partial charge in [0, 0.05) is 25.2 Å². The molecule has 1 atom stereocenters. The first-order valence-electron chi connectivity index (χ1n) is 9.52. The van der Waals surface area contributed by atoms with Crippen LogP contribution in [-0.2, 0) is 16.1 Å². The molecule has 158 valence electrons. The van der Waals surface area contributed by atoms with Crippen molar-refractivity contribution in [1.82, 2.24) is 14.5 Å². The number of thioether (sulfide) groups is 1. The van der Waals surface area contributed by atoms with Gasteiger partial charge in [0.15, 0.2) is 5.16 Å². The Morgan fingerprint density at radius 3 is 2.67 bits per heavy atom. The molecule has 0 aliphatic rings. The van der Waals surface area contributed by atoms with E-state index in [1.807, 2.05) is 49.4 Å². The van der Waals surface area contributed by atoms with Gasteiger partial charge in [-0.15, -0.1) is 0 Å². The van der Waals surface area contributed by atoms with Crippen LogP contribution < -0.4 is 5.56 Å². The first-order valence-corrected chi connectivity index (χ1v) is 11.3. The summed E-state index contributed by atoms with van der Waals surface area (Å²) in [6.45, 7) is 2.79. The molecule has 0 saturated carbocycles. The van der Waals surface area contributed by atoms with Gasteiger partial charge in [0.1, 0.15) is 0 Å². The van der Waals surface area contributed by atoms with Gasteiger partial charge in [-0.2, -0.15) is 0 Å². The molecular formula is C22H24BrN3O3S. The van der Waals surface area contributed by atoms with Crippen molar-refractivity contribution >= 4 is 44.5 Å². The van der Waals surface area contributed by atoms with E-state index in [1.54, 1.807) is 29.7 Å². The summed E-state index contributed by atoms with van der Waals surface area (Å²) in [5.74, 6) is 0.148. The molecule has 0 aliphatic heterocycles. The molecule has 6 nitrogen and oxygen atoms in total. The van der Waals surface area contributed by atoms with E-state index in [4.69, 9.17) is 4.74 Å².